The number of carbonyl (C=O) groups excluding carboxylic acids is 1. The highest BCUT2D eigenvalue weighted by molar-refractivity contribution is 9.10. The van der Waals surface area contributed by atoms with Crippen molar-refractivity contribution >= 4 is 62.6 Å². The highest BCUT2D eigenvalue weighted by atomic mass is 79.9. The van der Waals surface area contributed by atoms with Crippen LogP contribution in [0.2, 0.25) is 5.02 Å². The summed E-state index contributed by atoms with van der Waals surface area (Å²) in [6.45, 7) is 0. The molecule has 0 atom stereocenters. The van der Waals surface area contributed by atoms with Gasteiger partial charge in [-0.2, -0.15) is 0 Å². The molecule has 0 bridgehead atoms. The summed E-state index contributed by atoms with van der Waals surface area (Å²) in [4.78, 5) is 12.2. The first kappa shape index (κ1) is 22.1. The summed E-state index contributed by atoms with van der Waals surface area (Å²) in [5.74, 6) is 2.07. The predicted octanol–water partition coefficient (Wildman–Crippen LogP) is 5.53. The number of halogens is 3. The van der Waals surface area contributed by atoms with Gasteiger partial charge >= 0.3 is 0 Å². The van der Waals surface area contributed by atoms with Crippen LogP contribution in [0.4, 0.5) is 10.1 Å². The maximum Gasteiger partial charge on any atom is 0.234 e. The van der Waals surface area contributed by atoms with Gasteiger partial charge in [-0.3, -0.25) is 4.79 Å². The SMILES string of the molecule is Cn1c(CSCc2ccc(F)cc2)nnc1SCC(=O)Nc1ccc(Br)c(Cl)c1. The highest BCUT2D eigenvalue weighted by Gasteiger charge is 2.12. The van der Waals surface area contributed by atoms with Gasteiger partial charge in [0.2, 0.25) is 5.91 Å². The van der Waals surface area contributed by atoms with Crippen molar-refractivity contribution in [2.75, 3.05) is 11.1 Å². The predicted molar refractivity (Wildman–Crippen MR) is 121 cm³/mol. The number of benzene rings is 2. The van der Waals surface area contributed by atoms with Crippen molar-refractivity contribution in [3.8, 4) is 0 Å². The fourth-order valence-corrected chi connectivity index (χ4v) is 4.46. The van der Waals surface area contributed by atoms with Gasteiger partial charge in [0.1, 0.15) is 11.6 Å². The number of amides is 1. The van der Waals surface area contributed by atoms with Crippen molar-refractivity contribution in [1.29, 1.82) is 0 Å². The molecule has 0 saturated carbocycles. The minimum atomic E-state index is -0.235. The summed E-state index contributed by atoms with van der Waals surface area (Å²) in [5, 5.41) is 12.4. The molecule has 0 saturated heterocycles. The zero-order valence-electron chi connectivity index (χ0n) is 15.4. The second-order valence-electron chi connectivity index (χ2n) is 6.04. The number of nitrogens with one attached hydrogen (secondary N) is 1. The molecule has 1 heterocycles. The summed E-state index contributed by atoms with van der Waals surface area (Å²) in [5.41, 5.74) is 1.69. The van der Waals surface area contributed by atoms with E-state index in [4.69, 9.17) is 11.6 Å². The Morgan fingerprint density at radius 2 is 1.97 bits per heavy atom. The Kier molecular flexibility index (Phi) is 7.99. The van der Waals surface area contributed by atoms with E-state index < -0.39 is 0 Å². The van der Waals surface area contributed by atoms with Crippen molar-refractivity contribution in [2.45, 2.75) is 16.7 Å². The van der Waals surface area contributed by atoms with Crippen molar-refractivity contribution in [2.24, 2.45) is 7.05 Å². The maximum absolute atomic E-state index is 12.9. The molecule has 0 fully saturated rings. The molecule has 0 aliphatic heterocycles. The molecule has 29 heavy (non-hydrogen) atoms. The van der Waals surface area contributed by atoms with Crippen LogP contribution >= 0.6 is 51.1 Å². The fraction of sp³-hybridized carbons (Fsp3) is 0.211. The van der Waals surface area contributed by atoms with Crippen molar-refractivity contribution in [1.82, 2.24) is 14.8 Å². The average molecular weight is 516 g/mol. The Morgan fingerprint density at radius 1 is 1.21 bits per heavy atom. The van der Waals surface area contributed by atoms with Crippen LogP contribution in [0.5, 0.6) is 0 Å². The lowest BCUT2D eigenvalue weighted by Crippen LogP contribution is -2.14. The number of nitrogens with zero attached hydrogens (tertiary/aromatic N) is 3. The molecule has 152 valence electrons. The zero-order valence-corrected chi connectivity index (χ0v) is 19.3. The Hall–Kier alpha value is -1.55. The number of thioether (sulfide) groups is 2. The van der Waals surface area contributed by atoms with Crippen LogP contribution < -0.4 is 5.32 Å². The molecule has 1 amide bonds. The number of rotatable bonds is 8. The van der Waals surface area contributed by atoms with Crippen LogP contribution in [0.25, 0.3) is 0 Å². The van der Waals surface area contributed by atoms with Crippen LogP contribution in [0.3, 0.4) is 0 Å². The Bertz CT molecular complexity index is 1000. The van der Waals surface area contributed by atoms with Crippen LogP contribution in [0, 0.1) is 5.82 Å². The topological polar surface area (TPSA) is 59.8 Å². The lowest BCUT2D eigenvalue weighted by atomic mass is 10.2. The Balaban J connectivity index is 1.47. The van der Waals surface area contributed by atoms with E-state index >= 15 is 0 Å². The summed E-state index contributed by atoms with van der Waals surface area (Å²) in [6, 6.07) is 11.7. The van der Waals surface area contributed by atoms with Gasteiger partial charge in [-0.25, -0.2) is 4.39 Å². The van der Waals surface area contributed by atoms with Crippen LogP contribution in [-0.2, 0) is 23.3 Å². The third-order valence-corrected chi connectivity index (χ3v) is 7.13. The molecule has 3 rings (SSSR count). The normalized spacial score (nSPS) is 10.9. The van der Waals surface area contributed by atoms with Crippen molar-refractivity contribution in [3.63, 3.8) is 0 Å². The highest BCUT2D eigenvalue weighted by Crippen LogP contribution is 2.26. The first-order valence-electron chi connectivity index (χ1n) is 8.50. The standard InChI is InChI=1S/C19H17BrClFN4OS2/c1-26-17(10-28-9-12-2-4-13(22)5-3-12)24-25-19(26)29-11-18(27)23-14-6-7-15(20)16(21)8-14/h2-8H,9-11H2,1H3,(H,23,27). The van der Waals surface area contributed by atoms with Crippen molar-refractivity contribution < 1.29 is 9.18 Å². The van der Waals surface area contributed by atoms with Crippen LogP contribution in [0.15, 0.2) is 52.1 Å². The minimum absolute atomic E-state index is 0.149. The number of carbonyl (C=O) groups is 1. The molecule has 1 N–H and O–H groups in total. The van der Waals surface area contributed by atoms with E-state index in [1.807, 2.05) is 11.6 Å². The number of hydrogen-bond acceptors (Lipinski definition) is 5. The molecule has 1 aromatic heterocycles. The summed E-state index contributed by atoms with van der Waals surface area (Å²) >= 11 is 12.3. The smallest absolute Gasteiger partial charge is 0.234 e. The van der Waals surface area contributed by atoms with Gasteiger partial charge in [0.15, 0.2) is 5.16 Å². The van der Waals surface area contributed by atoms with E-state index in [2.05, 4.69) is 31.4 Å². The lowest BCUT2D eigenvalue weighted by molar-refractivity contribution is -0.113. The zero-order chi connectivity index (χ0) is 20.8. The molecular weight excluding hydrogens is 499 g/mol. The van der Waals surface area contributed by atoms with Gasteiger partial charge in [-0.15, -0.1) is 22.0 Å². The van der Waals surface area contributed by atoms with Gasteiger partial charge < -0.3 is 9.88 Å². The summed E-state index contributed by atoms with van der Waals surface area (Å²) in [7, 11) is 1.88. The van der Waals surface area contributed by atoms with Gasteiger partial charge in [0.25, 0.3) is 0 Å². The molecule has 0 unspecified atom stereocenters. The summed E-state index contributed by atoms with van der Waals surface area (Å²) in [6.07, 6.45) is 0. The number of hydrogen-bond donors (Lipinski definition) is 1. The largest absolute Gasteiger partial charge is 0.325 e. The average Bonchev–Trinajstić information content (AvgIpc) is 3.04. The molecule has 0 aliphatic carbocycles. The Morgan fingerprint density at radius 3 is 2.69 bits per heavy atom. The molecule has 0 radical (unpaired) electrons. The van der Waals surface area contributed by atoms with Gasteiger partial charge in [-0.05, 0) is 51.8 Å². The van der Waals surface area contributed by atoms with Gasteiger partial charge in [0.05, 0.1) is 16.5 Å². The first-order chi connectivity index (χ1) is 13.9. The second kappa shape index (κ2) is 10.5. The molecule has 3 aromatic rings. The number of anilines is 1. The van der Waals surface area contributed by atoms with E-state index in [0.717, 1.165) is 21.6 Å². The molecule has 2 aromatic carbocycles. The third-order valence-electron chi connectivity index (χ3n) is 3.87. The van der Waals surface area contributed by atoms with Crippen molar-refractivity contribution in [3.05, 3.63) is 69.2 Å². The number of aromatic nitrogens is 3. The van der Waals surface area contributed by atoms with E-state index in [0.29, 0.717) is 21.6 Å². The van der Waals surface area contributed by atoms with Crippen LogP contribution in [0.1, 0.15) is 11.4 Å². The first-order valence-corrected chi connectivity index (χ1v) is 11.8. The van der Waals surface area contributed by atoms with E-state index in [1.54, 1.807) is 42.1 Å². The molecule has 5 nitrogen and oxygen atoms in total. The Labute approximate surface area is 189 Å². The monoisotopic (exact) mass is 514 g/mol. The third kappa shape index (κ3) is 6.47. The quantitative estimate of drug-likeness (QED) is 0.400. The maximum atomic E-state index is 12.9. The molecule has 0 aliphatic rings. The van der Waals surface area contributed by atoms with Gasteiger partial charge in [-0.1, -0.05) is 35.5 Å². The van der Waals surface area contributed by atoms with Gasteiger partial charge in [0, 0.05) is 23.0 Å². The second-order valence-corrected chi connectivity index (χ2v) is 9.23. The molecule has 0 spiro atoms. The fourth-order valence-electron chi connectivity index (χ4n) is 2.34. The van der Waals surface area contributed by atoms with E-state index in [9.17, 15) is 9.18 Å². The molecular formula is C19H17BrClFN4OS2. The van der Waals surface area contributed by atoms with Crippen LogP contribution in [-0.4, -0.2) is 26.4 Å². The van der Waals surface area contributed by atoms with E-state index in [-0.39, 0.29) is 17.5 Å². The lowest BCUT2D eigenvalue weighted by Gasteiger charge is -2.07. The minimum Gasteiger partial charge on any atom is -0.325 e. The van der Waals surface area contributed by atoms with E-state index in [1.165, 1.54) is 23.9 Å². The molecule has 10 heteroatoms. The summed E-state index contributed by atoms with van der Waals surface area (Å²) < 4.78 is 15.6.